The van der Waals surface area contributed by atoms with E-state index in [0.29, 0.717) is 13.0 Å². The largest absolute Gasteiger partial charge is 0.472 e. The molecule has 0 heterocycles. The Hall–Kier alpha value is -1.02. The molecule has 9 heteroatoms. The molecule has 3 N–H and O–H groups in total. The minimum Gasteiger partial charge on any atom is -0.457 e. The second-order valence-corrected chi connectivity index (χ2v) is 17.4. The zero-order valence-corrected chi connectivity index (χ0v) is 37.8. The fraction of sp³-hybridized carbons (Fsp3) is 0.894. The lowest BCUT2D eigenvalue weighted by Gasteiger charge is -2.20. The Morgan fingerprint density at radius 2 is 0.946 bits per heavy atom. The number of esters is 1. The number of hydrogen-bond acceptors (Lipinski definition) is 7. The number of carbonyl (C=O) groups is 1. The van der Waals surface area contributed by atoms with E-state index in [1.54, 1.807) is 0 Å². The predicted octanol–water partition coefficient (Wildman–Crippen LogP) is 14.4. The van der Waals surface area contributed by atoms with Crippen LogP contribution in [0.2, 0.25) is 0 Å². The third kappa shape index (κ3) is 44.1. The van der Waals surface area contributed by atoms with Gasteiger partial charge in [-0.05, 0) is 44.9 Å². The Labute approximate surface area is 346 Å². The van der Waals surface area contributed by atoms with Gasteiger partial charge in [-0.3, -0.25) is 13.8 Å². The summed E-state index contributed by atoms with van der Waals surface area (Å²) in [5.41, 5.74) is 5.38. The molecule has 0 aromatic rings. The summed E-state index contributed by atoms with van der Waals surface area (Å²) in [5.74, 6) is -0.329. The number of unbranched alkanes of at least 4 members (excludes halogenated alkanes) is 29. The van der Waals surface area contributed by atoms with Gasteiger partial charge in [-0.25, -0.2) is 4.57 Å². The van der Waals surface area contributed by atoms with Crippen LogP contribution in [-0.2, 0) is 27.9 Å². The maximum Gasteiger partial charge on any atom is 0.472 e. The second-order valence-electron chi connectivity index (χ2n) is 16.0. The number of allylic oxidation sites excluding steroid dienone is 4. The van der Waals surface area contributed by atoms with Gasteiger partial charge in [0, 0.05) is 19.6 Å². The first-order valence-electron chi connectivity index (χ1n) is 23.8. The molecule has 0 fully saturated rings. The van der Waals surface area contributed by atoms with Crippen LogP contribution in [0.15, 0.2) is 24.3 Å². The van der Waals surface area contributed by atoms with Gasteiger partial charge >= 0.3 is 13.8 Å². The van der Waals surface area contributed by atoms with E-state index in [0.717, 1.165) is 44.9 Å². The summed E-state index contributed by atoms with van der Waals surface area (Å²) in [6.07, 6.45) is 50.6. The highest BCUT2D eigenvalue weighted by Gasteiger charge is 2.25. The number of hydrogen-bond donors (Lipinski definition) is 2. The number of carbonyl (C=O) groups excluding carboxylic acids is 1. The van der Waals surface area contributed by atoms with Crippen LogP contribution in [0.25, 0.3) is 0 Å². The molecule has 0 bridgehead atoms. The molecule has 0 rings (SSSR count). The first-order chi connectivity index (χ1) is 27.4. The van der Waals surface area contributed by atoms with E-state index in [9.17, 15) is 14.3 Å². The number of phosphoric ester groups is 1. The highest BCUT2D eigenvalue weighted by atomic mass is 31.2. The molecule has 0 saturated heterocycles. The van der Waals surface area contributed by atoms with Crippen LogP contribution in [0.4, 0.5) is 0 Å². The summed E-state index contributed by atoms with van der Waals surface area (Å²) in [7, 11) is -4.28. The minimum absolute atomic E-state index is 0.0955. The van der Waals surface area contributed by atoms with E-state index >= 15 is 0 Å². The van der Waals surface area contributed by atoms with Crippen molar-refractivity contribution < 1.29 is 32.8 Å². The maximum absolute atomic E-state index is 12.6. The summed E-state index contributed by atoms with van der Waals surface area (Å²) in [4.78, 5) is 22.5. The van der Waals surface area contributed by atoms with Crippen LogP contribution in [-0.4, -0.2) is 49.9 Å². The van der Waals surface area contributed by atoms with E-state index < -0.39 is 13.9 Å². The monoisotopic (exact) mass is 814 g/mol. The maximum atomic E-state index is 12.6. The van der Waals surface area contributed by atoms with E-state index in [2.05, 4.69) is 38.2 Å². The molecule has 0 aliphatic rings. The average molecular weight is 814 g/mol. The van der Waals surface area contributed by atoms with Gasteiger partial charge in [0.05, 0.1) is 19.8 Å². The van der Waals surface area contributed by atoms with Crippen LogP contribution in [0.1, 0.15) is 232 Å². The topological polar surface area (TPSA) is 117 Å². The number of rotatable bonds is 46. The first kappa shape index (κ1) is 55.0. The van der Waals surface area contributed by atoms with Crippen LogP contribution in [0, 0.1) is 0 Å². The van der Waals surface area contributed by atoms with Crippen molar-refractivity contribution in [3.05, 3.63) is 24.3 Å². The molecule has 2 unspecified atom stereocenters. The van der Waals surface area contributed by atoms with Crippen molar-refractivity contribution in [1.82, 2.24) is 0 Å². The Morgan fingerprint density at radius 1 is 0.536 bits per heavy atom. The van der Waals surface area contributed by atoms with Crippen LogP contribution in [0.5, 0.6) is 0 Å². The minimum atomic E-state index is -4.28. The molecule has 0 aromatic carbocycles. The third-order valence-corrected chi connectivity index (χ3v) is 11.4. The summed E-state index contributed by atoms with van der Waals surface area (Å²) < 4.78 is 33.5. The summed E-state index contributed by atoms with van der Waals surface area (Å²) in [5, 5.41) is 0. The van der Waals surface area contributed by atoms with Gasteiger partial charge < -0.3 is 20.1 Å². The Bertz CT molecular complexity index is 915. The van der Waals surface area contributed by atoms with Crippen molar-refractivity contribution in [1.29, 1.82) is 0 Å². The standard InChI is InChI=1S/C47H92NO7P/c1-3-5-7-9-11-13-15-17-19-21-22-23-24-25-26-28-30-32-34-36-38-40-47(49)55-46(45-54-56(50,51)53-43-41-48)44-52-42-39-37-35-33-31-29-27-20-18-16-14-12-10-8-6-4-2/h12,14,18,20,46H,3-11,13,15-17,19,21-45,48H2,1-2H3,(H,50,51)/b14-12-,20-18-. The fourth-order valence-corrected chi connectivity index (χ4v) is 7.62. The molecule has 0 amide bonds. The van der Waals surface area contributed by atoms with Crippen molar-refractivity contribution in [2.75, 3.05) is 33.0 Å². The number of nitrogens with two attached hydrogens (primary N) is 1. The summed E-state index contributed by atoms with van der Waals surface area (Å²) in [6.45, 7) is 4.92. The summed E-state index contributed by atoms with van der Waals surface area (Å²) in [6, 6.07) is 0. The molecule has 0 spiro atoms. The molecule has 0 saturated carbocycles. The SMILES string of the molecule is CCCCC/C=C\C/C=C\CCCCCCCCOCC(COP(=O)(O)OCCN)OC(=O)CCCCCCCCCCCCCCCCCCCCCCC. The molecule has 0 aliphatic carbocycles. The van der Waals surface area contributed by atoms with Crippen molar-refractivity contribution in [2.45, 2.75) is 238 Å². The van der Waals surface area contributed by atoms with Crippen LogP contribution < -0.4 is 5.73 Å². The van der Waals surface area contributed by atoms with Gasteiger partial charge in [0.15, 0.2) is 0 Å². The van der Waals surface area contributed by atoms with E-state index in [4.69, 9.17) is 24.3 Å². The third-order valence-electron chi connectivity index (χ3n) is 10.4. The van der Waals surface area contributed by atoms with Crippen LogP contribution in [0.3, 0.4) is 0 Å². The van der Waals surface area contributed by atoms with Gasteiger partial charge in [0.1, 0.15) is 6.10 Å². The average Bonchev–Trinajstić information content (AvgIpc) is 3.19. The quantitative estimate of drug-likeness (QED) is 0.0270. The van der Waals surface area contributed by atoms with Gasteiger partial charge in [-0.1, -0.05) is 205 Å². The first-order valence-corrected chi connectivity index (χ1v) is 25.3. The fourth-order valence-electron chi connectivity index (χ4n) is 6.85. The van der Waals surface area contributed by atoms with E-state index in [1.165, 1.54) is 167 Å². The van der Waals surface area contributed by atoms with E-state index in [-0.39, 0.29) is 32.3 Å². The second kappa shape index (κ2) is 45.1. The molecule has 56 heavy (non-hydrogen) atoms. The predicted molar refractivity (Wildman–Crippen MR) is 238 cm³/mol. The molecule has 2 atom stereocenters. The normalized spacial score (nSPS) is 13.6. The highest BCUT2D eigenvalue weighted by Crippen LogP contribution is 2.43. The zero-order chi connectivity index (χ0) is 40.9. The van der Waals surface area contributed by atoms with Crippen molar-refractivity contribution in [3.63, 3.8) is 0 Å². The Morgan fingerprint density at radius 3 is 1.43 bits per heavy atom. The zero-order valence-electron chi connectivity index (χ0n) is 36.9. The lowest BCUT2D eigenvalue weighted by atomic mass is 10.0. The Kier molecular flexibility index (Phi) is 44.3. The molecular formula is C47H92NO7P. The molecule has 0 aromatic heterocycles. The Balaban J connectivity index is 3.95. The van der Waals surface area contributed by atoms with E-state index in [1.807, 2.05) is 0 Å². The lowest BCUT2D eigenvalue weighted by molar-refractivity contribution is -0.154. The van der Waals surface area contributed by atoms with Crippen molar-refractivity contribution >= 4 is 13.8 Å². The van der Waals surface area contributed by atoms with Crippen molar-refractivity contribution in [3.8, 4) is 0 Å². The number of phosphoric acid groups is 1. The summed E-state index contributed by atoms with van der Waals surface area (Å²) >= 11 is 0. The lowest BCUT2D eigenvalue weighted by Crippen LogP contribution is -2.28. The molecule has 332 valence electrons. The van der Waals surface area contributed by atoms with Gasteiger partial charge in [0.25, 0.3) is 0 Å². The van der Waals surface area contributed by atoms with Gasteiger partial charge in [0.2, 0.25) is 0 Å². The smallest absolute Gasteiger partial charge is 0.457 e. The molecule has 8 nitrogen and oxygen atoms in total. The van der Waals surface area contributed by atoms with Gasteiger partial charge in [-0.15, -0.1) is 0 Å². The molecular weight excluding hydrogens is 721 g/mol. The molecule has 0 aliphatic heterocycles. The highest BCUT2D eigenvalue weighted by molar-refractivity contribution is 7.47. The van der Waals surface area contributed by atoms with Gasteiger partial charge in [-0.2, -0.15) is 0 Å². The van der Waals surface area contributed by atoms with Crippen molar-refractivity contribution in [2.24, 2.45) is 5.73 Å². The number of ether oxygens (including phenoxy) is 2. The van der Waals surface area contributed by atoms with Crippen LogP contribution >= 0.6 is 7.82 Å². The molecule has 0 radical (unpaired) electrons.